The van der Waals surface area contributed by atoms with Crippen LogP contribution in [0.25, 0.3) is 0 Å². The van der Waals surface area contributed by atoms with Crippen LogP contribution in [0.1, 0.15) is 26.2 Å². The lowest BCUT2D eigenvalue weighted by molar-refractivity contribution is -0.0451. The molecule has 0 spiro atoms. The maximum Gasteiger partial charge on any atom is 0.511 e. The van der Waals surface area contributed by atoms with Crippen molar-refractivity contribution in [2.45, 2.75) is 37.7 Å². The zero-order valence-corrected chi connectivity index (χ0v) is 9.16. The van der Waals surface area contributed by atoms with E-state index in [1.807, 2.05) is 6.92 Å². The van der Waals surface area contributed by atoms with Crippen molar-refractivity contribution in [2.75, 3.05) is 6.54 Å². The molecule has 1 unspecified atom stereocenters. The Bertz CT molecular complexity index is 276. The molecule has 92 valence electrons. The lowest BCUT2D eigenvalue weighted by Gasteiger charge is -2.17. The number of nitrogens with one attached hydrogen (secondary N) is 1. The van der Waals surface area contributed by atoms with E-state index in [-0.39, 0.29) is 6.54 Å². The third-order valence-electron chi connectivity index (χ3n) is 1.82. The van der Waals surface area contributed by atoms with Crippen molar-refractivity contribution in [2.24, 2.45) is 5.73 Å². The molecule has 0 aliphatic carbocycles. The predicted molar refractivity (Wildman–Crippen MR) is 50.5 cm³/mol. The van der Waals surface area contributed by atoms with Crippen molar-refractivity contribution in [3.05, 3.63) is 0 Å². The number of nitrogens with two attached hydrogens (primary N) is 1. The van der Waals surface area contributed by atoms with E-state index in [4.69, 9.17) is 5.73 Å². The average Bonchev–Trinajstić information content (AvgIpc) is 2.10. The first-order chi connectivity index (χ1) is 6.74. The molecule has 0 aromatic rings. The van der Waals surface area contributed by atoms with Gasteiger partial charge in [0, 0.05) is 12.6 Å². The Hall–Kier alpha value is -0.340. The molecule has 0 radical (unpaired) electrons. The molecule has 0 aromatic heterocycles. The molecule has 0 saturated heterocycles. The van der Waals surface area contributed by atoms with E-state index in [9.17, 15) is 21.6 Å². The summed E-state index contributed by atoms with van der Waals surface area (Å²) < 4.78 is 58.8. The minimum atomic E-state index is -5.27. The molecule has 0 aromatic carbocycles. The Morgan fingerprint density at radius 1 is 1.40 bits per heavy atom. The number of rotatable bonds is 6. The van der Waals surface area contributed by atoms with Crippen molar-refractivity contribution in [3.63, 3.8) is 0 Å². The van der Waals surface area contributed by atoms with E-state index < -0.39 is 21.6 Å². The third kappa shape index (κ3) is 4.80. The molecule has 8 heteroatoms. The fraction of sp³-hybridized carbons (Fsp3) is 1.00. The van der Waals surface area contributed by atoms with Gasteiger partial charge in [0.25, 0.3) is 0 Å². The van der Waals surface area contributed by atoms with Crippen LogP contribution in [0.5, 0.6) is 0 Å². The van der Waals surface area contributed by atoms with Crippen LogP contribution in [0.15, 0.2) is 0 Å². The molecule has 0 aliphatic rings. The number of unbranched alkanes of at least 4 members (excludes halogenated alkanes) is 1. The molecule has 0 fully saturated rings. The van der Waals surface area contributed by atoms with Crippen LogP contribution in [0.4, 0.5) is 13.2 Å². The second kappa shape index (κ2) is 5.66. The Balaban J connectivity index is 4.42. The number of alkyl halides is 3. The van der Waals surface area contributed by atoms with Crippen LogP contribution in [0, 0.1) is 0 Å². The molecule has 1 atom stereocenters. The predicted octanol–water partition coefficient (Wildman–Crippen LogP) is 0.943. The van der Waals surface area contributed by atoms with E-state index in [1.54, 1.807) is 4.72 Å². The molecule has 0 heterocycles. The molecular formula is C7H15F3N2O2S. The molecule has 4 nitrogen and oxygen atoms in total. The smallest absolute Gasteiger partial charge is 0.329 e. The zero-order chi connectivity index (χ0) is 12.1. The normalized spacial score (nSPS) is 15.3. The van der Waals surface area contributed by atoms with E-state index in [0.717, 1.165) is 6.42 Å². The Kier molecular flexibility index (Phi) is 5.54. The molecule has 3 N–H and O–H groups in total. The van der Waals surface area contributed by atoms with Gasteiger partial charge in [-0.1, -0.05) is 19.8 Å². The lowest BCUT2D eigenvalue weighted by Crippen LogP contribution is -2.45. The fourth-order valence-corrected chi connectivity index (χ4v) is 1.75. The number of hydrogen-bond donors (Lipinski definition) is 2. The summed E-state index contributed by atoms with van der Waals surface area (Å²) in [7, 11) is -5.27. The topological polar surface area (TPSA) is 72.2 Å². The largest absolute Gasteiger partial charge is 0.511 e. The van der Waals surface area contributed by atoms with Gasteiger partial charge in [0.1, 0.15) is 0 Å². The maximum atomic E-state index is 12.0. The van der Waals surface area contributed by atoms with Crippen molar-refractivity contribution >= 4 is 10.0 Å². The van der Waals surface area contributed by atoms with Crippen molar-refractivity contribution in [1.29, 1.82) is 0 Å². The number of halogens is 3. The van der Waals surface area contributed by atoms with Gasteiger partial charge < -0.3 is 5.73 Å². The van der Waals surface area contributed by atoms with Gasteiger partial charge in [0.15, 0.2) is 0 Å². The van der Waals surface area contributed by atoms with Gasteiger partial charge >= 0.3 is 15.5 Å². The Morgan fingerprint density at radius 2 is 1.93 bits per heavy atom. The molecular weight excluding hydrogens is 233 g/mol. The van der Waals surface area contributed by atoms with Gasteiger partial charge in [-0.3, -0.25) is 0 Å². The molecule has 0 aliphatic heterocycles. The molecule has 0 bridgehead atoms. The highest BCUT2D eigenvalue weighted by Gasteiger charge is 2.46. The van der Waals surface area contributed by atoms with E-state index >= 15 is 0 Å². The zero-order valence-electron chi connectivity index (χ0n) is 8.34. The van der Waals surface area contributed by atoms with Crippen LogP contribution >= 0.6 is 0 Å². The van der Waals surface area contributed by atoms with Crippen LogP contribution in [0.3, 0.4) is 0 Å². The first-order valence-corrected chi connectivity index (χ1v) is 6.01. The first kappa shape index (κ1) is 14.7. The van der Waals surface area contributed by atoms with Crippen LogP contribution in [-0.4, -0.2) is 26.5 Å². The van der Waals surface area contributed by atoms with Gasteiger partial charge in [-0.25, -0.2) is 13.1 Å². The second-order valence-electron chi connectivity index (χ2n) is 3.14. The molecule has 0 saturated carbocycles. The summed E-state index contributed by atoms with van der Waals surface area (Å²) in [6.45, 7) is 1.71. The second-order valence-corrected chi connectivity index (χ2v) is 4.85. The summed E-state index contributed by atoms with van der Waals surface area (Å²) >= 11 is 0. The molecule has 0 rings (SSSR count). The third-order valence-corrected chi connectivity index (χ3v) is 3.07. The Morgan fingerprint density at radius 3 is 2.27 bits per heavy atom. The number of hydrogen-bond acceptors (Lipinski definition) is 3. The highest BCUT2D eigenvalue weighted by molar-refractivity contribution is 7.90. The fourth-order valence-electron chi connectivity index (χ4n) is 0.962. The van der Waals surface area contributed by atoms with Crippen molar-refractivity contribution < 1.29 is 21.6 Å². The first-order valence-electron chi connectivity index (χ1n) is 4.53. The van der Waals surface area contributed by atoms with Crippen molar-refractivity contribution in [1.82, 2.24) is 4.72 Å². The van der Waals surface area contributed by atoms with Crippen LogP contribution < -0.4 is 10.5 Å². The standard InChI is InChI=1S/C7H15F3N2O2S/c1-2-3-4-6(5-11)12-15(13,14)7(8,9)10/h6,12H,2-5,11H2,1H3. The van der Waals surface area contributed by atoms with Crippen molar-refractivity contribution in [3.8, 4) is 0 Å². The molecule has 0 amide bonds. The Labute approximate surface area is 87.1 Å². The summed E-state index contributed by atoms with van der Waals surface area (Å²) in [5.74, 6) is 0. The SMILES string of the molecule is CCCCC(CN)NS(=O)(=O)C(F)(F)F. The summed E-state index contributed by atoms with van der Waals surface area (Å²) in [5, 5.41) is 0. The van der Waals surface area contributed by atoms with Gasteiger partial charge in [-0.2, -0.15) is 13.2 Å². The van der Waals surface area contributed by atoms with Crippen LogP contribution in [-0.2, 0) is 10.0 Å². The maximum absolute atomic E-state index is 12.0. The lowest BCUT2D eigenvalue weighted by atomic mass is 10.1. The highest BCUT2D eigenvalue weighted by atomic mass is 32.2. The minimum Gasteiger partial charge on any atom is -0.329 e. The van der Waals surface area contributed by atoms with Gasteiger partial charge in [0.2, 0.25) is 0 Å². The van der Waals surface area contributed by atoms with Gasteiger partial charge in [-0.05, 0) is 6.42 Å². The molecule has 15 heavy (non-hydrogen) atoms. The summed E-state index contributed by atoms with van der Waals surface area (Å²) in [6.07, 6.45) is 1.70. The summed E-state index contributed by atoms with van der Waals surface area (Å²) in [4.78, 5) is 0. The quantitative estimate of drug-likeness (QED) is 0.735. The van der Waals surface area contributed by atoms with E-state index in [2.05, 4.69) is 0 Å². The average molecular weight is 248 g/mol. The number of sulfonamides is 1. The summed E-state index contributed by atoms with van der Waals surface area (Å²) in [5.41, 5.74) is -0.101. The van der Waals surface area contributed by atoms with Crippen LogP contribution in [0.2, 0.25) is 0 Å². The highest BCUT2D eigenvalue weighted by Crippen LogP contribution is 2.22. The van der Waals surface area contributed by atoms with E-state index in [0.29, 0.717) is 12.8 Å². The minimum absolute atomic E-state index is 0.144. The summed E-state index contributed by atoms with van der Waals surface area (Å²) in [6, 6.07) is -0.850. The monoisotopic (exact) mass is 248 g/mol. The van der Waals surface area contributed by atoms with Gasteiger partial charge in [0.05, 0.1) is 0 Å². The van der Waals surface area contributed by atoms with Gasteiger partial charge in [-0.15, -0.1) is 0 Å². The van der Waals surface area contributed by atoms with E-state index in [1.165, 1.54) is 0 Å².